The number of hydrogen-bond acceptors (Lipinski definition) is 3. The van der Waals surface area contributed by atoms with Gasteiger partial charge in [0.05, 0.1) is 13.0 Å². The molecule has 116 valence electrons. The van der Waals surface area contributed by atoms with E-state index in [1.807, 2.05) is 24.3 Å². The van der Waals surface area contributed by atoms with E-state index in [-0.39, 0.29) is 18.0 Å². The highest BCUT2D eigenvalue weighted by Crippen LogP contribution is 2.28. The molecule has 1 heterocycles. The zero-order valence-corrected chi connectivity index (χ0v) is 13.1. The summed E-state index contributed by atoms with van der Waals surface area (Å²) in [6, 6.07) is 7.94. The third-order valence-corrected chi connectivity index (χ3v) is 4.18. The summed E-state index contributed by atoms with van der Waals surface area (Å²) in [5.74, 6) is 0.849. The third kappa shape index (κ3) is 4.76. The van der Waals surface area contributed by atoms with Crippen LogP contribution in [0.3, 0.4) is 0 Å². The standard InChI is InChI=1S/C18H26O3/c1-3-4-5-6-7-17-13-15(18(19)21-17)12-14-8-10-16(20-2)11-9-14/h8-11,15,17H,3-7,12-13H2,1-2H3/t15-,17-/m1/s1. The lowest BCUT2D eigenvalue weighted by Gasteiger charge is -2.08. The van der Waals surface area contributed by atoms with E-state index in [0.29, 0.717) is 0 Å². The van der Waals surface area contributed by atoms with E-state index in [1.54, 1.807) is 7.11 Å². The van der Waals surface area contributed by atoms with Crippen molar-refractivity contribution >= 4 is 5.97 Å². The fraction of sp³-hybridized carbons (Fsp3) is 0.611. The molecule has 2 atom stereocenters. The number of cyclic esters (lactones) is 1. The molecule has 0 unspecified atom stereocenters. The van der Waals surface area contributed by atoms with E-state index >= 15 is 0 Å². The van der Waals surface area contributed by atoms with Crippen LogP contribution in [-0.4, -0.2) is 19.2 Å². The summed E-state index contributed by atoms with van der Waals surface area (Å²) in [5.41, 5.74) is 1.17. The molecule has 3 nitrogen and oxygen atoms in total. The van der Waals surface area contributed by atoms with Gasteiger partial charge in [-0.2, -0.15) is 0 Å². The van der Waals surface area contributed by atoms with Crippen molar-refractivity contribution in [1.29, 1.82) is 0 Å². The molecule has 0 aromatic heterocycles. The Labute approximate surface area is 127 Å². The van der Waals surface area contributed by atoms with E-state index in [1.165, 1.54) is 31.2 Å². The molecule has 0 amide bonds. The summed E-state index contributed by atoms with van der Waals surface area (Å²) >= 11 is 0. The van der Waals surface area contributed by atoms with Crippen LogP contribution in [-0.2, 0) is 16.0 Å². The van der Waals surface area contributed by atoms with Crippen LogP contribution in [0, 0.1) is 5.92 Å². The van der Waals surface area contributed by atoms with Gasteiger partial charge in [-0.25, -0.2) is 0 Å². The van der Waals surface area contributed by atoms with Crippen molar-refractivity contribution < 1.29 is 14.3 Å². The minimum Gasteiger partial charge on any atom is -0.497 e. The normalized spacial score (nSPS) is 21.3. The number of benzene rings is 1. The molecule has 1 aromatic rings. The van der Waals surface area contributed by atoms with Crippen LogP contribution in [0.5, 0.6) is 5.75 Å². The Bertz CT molecular complexity index is 438. The van der Waals surface area contributed by atoms with Crippen molar-refractivity contribution in [3.05, 3.63) is 29.8 Å². The van der Waals surface area contributed by atoms with Crippen LogP contribution in [0.15, 0.2) is 24.3 Å². The summed E-state index contributed by atoms with van der Waals surface area (Å²) in [6.07, 6.45) is 7.73. The fourth-order valence-electron chi connectivity index (χ4n) is 2.91. The van der Waals surface area contributed by atoms with Crippen molar-refractivity contribution in [2.24, 2.45) is 5.92 Å². The Morgan fingerprint density at radius 2 is 1.95 bits per heavy atom. The number of unbranched alkanes of at least 4 members (excludes halogenated alkanes) is 3. The molecule has 1 aliphatic heterocycles. The highest BCUT2D eigenvalue weighted by molar-refractivity contribution is 5.75. The van der Waals surface area contributed by atoms with Crippen LogP contribution in [0.25, 0.3) is 0 Å². The van der Waals surface area contributed by atoms with Gasteiger partial charge in [-0.3, -0.25) is 4.79 Å². The molecule has 0 N–H and O–H groups in total. The quantitative estimate of drug-likeness (QED) is 0.533. The second-order valence-electron chi connectivity index (χ2n) is 5.89. The van der Waals surface area contributed by atoms with Gasteiger partial charge >= 0.3 is 5.97 Å². The minimum atomic E-state index is -0.0219. The monoisotopic (exact) mass is 290 g/mol. The largest absolute Gasteiger partial charge is 0.497 e. The average Bonchev–Trinajstić information content (AvgIpc) is 2.85. The van der Waals surface area contributed by atoms with Gasteiger partial charge in [0, 0.05) is 0 Å². The molecule has 1 aromatic carbocycles. The Morgan fingerprint density at radius 3 is 2.62 bits per heavy atom. The average molecular weight is 290 g/mol. The second-order valence-corrected chi connectivity index (χ2v) is 5.89. The van der Waals surface area contributed by atoms with Gasteiger partial charge in [-0.1, -0.05) is 38.3 Å². The number of ether oxygens (including phenoxy) is 2. The van der Waals surface area contributed by atoms with Gasteiger partial charge in [-0.15, -0.1) is 0 Å². The lowest BCUT2D eigenvalue weighted by molar-refractivity contribution is -0.144. The van der Waals surface area contributed by atoms with Crippen LogP contribution in [0.2, 0.25) is 0 Å². The maximum absolute atomic E-state index is 12.0. The van der Waals surface area contributed by atoms with Gasteiger partial charge in [-0.05, 0) is 43.4 Å². The van der Waals surface area contributed by atoms with Crippen LogP contribution in [0.1, 0.15) is 51.0 Å². The number of esters is 1. The van der Waals surface area contributed by atoms with Gasteiger partial charge < -0.3 is 9.47 Å². The first kappa shape index (κ1) is 15.9. The number of hydrogen-bond donors (Lipinski definition) is 0. The van der Waals surface area contributed by atoms with E-state index in [2.05, 4.69) is 6.92 Å². The molecule has 1 fully saturated rings. The molecule has 0 spiro atoms. The lowest BCUT2D eigenvalue weighted by Crippen LogP contribution is -2.10. The van der Waals surface area contributed by atoms with Gasteiger partial charge in [0.1, 0.15) is 11.9 Å². The van der Waals surface area contributed by atoms with Crippen LogP contribution >= 0.6 is 0 Å². The molecule has 21 heavy (non-hydrogen) atoms. The number of rotatable bonds is 8. The van der Waals surface area contributed by atoms with Crippen molar-refractivity contribution in [2.45, 2.75) is 58.0 Å². The summed E-state index contributed by atoms with van der Waals surface area (Å²) < 4.78 is 10.7. The minimum absolute atomic E-state index is 0.0219. The zero-order chi connectivity index (χ0) is 15.1. The maximum atomic E-state index is 12.0. The molecule has 0 radical (unpaired) electrons. The summed E-state index contributed by atoms with van der Waals surface area (Å²) in [7, 11) is 1.66. The molecule has 3 heteroatoms. The second kappa shape index (κ2) is 8.06. The van der Waals surface area contributed by atoms with Crippen molar-refractivity contribution in [3.8, 4) is 5.75 Å². The lowest BCUT2D eigenvalue weighted by atomic mass is 9.94. The first-order valence-electron chi connectivity index (χ1n) is 8.06. The molecule has 0 bridgehead atoms. The highest BCUT2D eigenvalue weighted by atomic mass is 16.5. The van der Waals surface area contributed by atoms with Crippen LogP contribution in [0.4, 0.5) is 0 Å². The summed E-state index contributed by atoms with van der Waals surface area (Å²) in [6.45, 7) is 2.21. The fourth-order valence-corrected chi connectivity index (χ4v) is 2.91. The number of methoxy groups -OCH3 is 1. The molecule has 1 aliphatic rings. The van der Waals surface area contributed by atoms with Gasteiger partial charge in [0.2, 0.25) is 0 Å². The summed E-state index contributed by atoms with van der Waals surface area (Å²) in [4.78, 5) is 12.0. The zero-order valence-electron chi connectivity index (χ0n) is 13.1. The van der Waals surface area contributed by atoms with E-state index in [4.69, 9.17) is 9.47 Å². The highest BCUT2D eigenvalue weighted by Gasteiger charge is 2.33. The van der Waals surface area contributed by atoms with Crippen LogP contribution < -0.4 is 4.74 Å². The molecular weight excluding hydrogens is 264 g/mol. The molecule has 2 rings (SSSR count). The SMILES string of the molecule is CCCCCC[C@@H]1C[C@@H](Cc2ccc(OC)cc2)C(=O)O1. The Balaban J connectivity index is 1.79. The molecular formula is C18H26O3. The van der Waals surface area contributed by atoms with Crippen molar-refractivity contribution in [3.63, 3.8) is 0 Å². The molecule has 1 saturated heterocycles. The van der Waals surface area contributed by atoms with E-state index in [0.717, 1.165) is 25.0 Å². The Morgan fingerprint density at radius 1 is 1.19 bits per heavy atom. The van der Waals surface area contributed by atoms with E-state index < -0.39 is 0 Å². The third-order valence-electron chi connectivity index (χ3n) is 4.18. The van der Waals surface area contributed by atoms with Gasteiger partial charge in [0.25, 0.3) is 0 Å². The number of carbonyl (C=O) groups excluding carboxylic acids is 1. The maximum Gasteiger partial charge on any atom is 0.309 e. The molecule has 0 saturated carbocycles. The predicted molar refractivity (Wildman–Crippen MR) is 83.4 cm³/mol. The van der Waals surface area contributed by atoms with Crippen molar-refractivity contribution in [2.75, 3.05) is 7.11 Å². The Hall–Kier alpha value is -1.51. The number of carbonyl (C=O) groups is 1. The first-order valence-corrected chi connectivity index (χ1v) is 8.06. The smallest absolute Gasteiger partial charge is 0.309 e. The summed E-state index contributed by atoms with van der Waals surface area (Å²) in [5, 5.41) is 0. The Kier molecular flexibility index (Phi) is 6.09. The topological polar surface area (TPSA) is 35.5 Å². The van der Waals surface area contributed by atoms with E-state index in [9.17, 15) is 4.79 Å². The molecule has 0 aliphatic carbocycles. The van der Waals surface area contributed by atoms with Gasteiger partial charge in [0.15, 0.2) is 0 Å². The van der Waals surface area contributed by atoms with Crippen molar-refractivity contribution in [1.82, 2.24) is 0 Å². The first-order chi connectivity index (χ1) is 10.2. The predicted octanol–water partition coefficient (Wildman–Crippen LogP) is 4.14.